The zero-order chi connectivity index (χ0) is 15.4. The largest absolute Gasteiger partial charge is 0.495 e. The van der Waals surface area contributed by atoms with Gasteiger partial charge >= 0.3 is 6.61 Å². The zero-order valence-corrected chi connectivity index (χ0v) is 12.5. The van der Waals surface area contributed by atoms with E-state index in [0.717, 1.165) is 11.1 Å². The lowest BCUT2D eigenvalue weighted by atomic mass is 10.0. The summed E-state index contributed by atoms with van der Waals surface area (Å²) in [7, 11) is 1.53. The number of hydrogen-bond acceptors (Lipinski definition) is 2. The maximum Gasteiger partial charge on any atom is 0.387 e. The van der Waals surface area contributed by atoms with E-state index in [1.165, 1.54) is 19.2 Å². The summed E-state index contributed by atoms with van der Waals surface area (Å²) in [5, 5.41) is 0.00677. The van der Waals surface area contributed by atoms with Gasteiger partial charge < -0.3 is 9.47 Å². The summed E-state index contributed by atoms with van der Waals surface area (Å²) in [5.41, 5.74) is 1.53. The van der Waals surface area contributed by atoms with Crippen LogP contribution < -0.4 is 9.47 Å². The Morgan fingerprint density at radius 1 is 1.00 bits per heavy atom. The maximum atomic E-state index is 12.1. The molecule has 0 aliphatic heterocycles. The Balaban J connectivity index is 2.19. The molecule has 0 fully saturated rings. The van der Waals surface area contributed by atoms with Crippen molar-refractivity contribution in [1.29, 1.82) is 0 Å². The van der Waals surface area contributed by atoms with Crippen molar-refractivity contribution < 1.29 is 18.3 Å². The second-order valence-electron chi connectivity index (χ2n) is 4.20. The molecular formula is C15H12Cl2F2O2. The van der Waals surface area contributed by atoms with Crippen molar-refractivity contribution in [2.75, 3.05) is 7.11 Å². The number of rotatable bonds is 5. The standard InChI is InChI=1S/C15H12Cl2F2O2/c1-20-13-7-4-10(8-12(13)16)14(17)9-2-5-11(6-3-9)21-15(18)19/h2-8,14-15H,1H3. The van der Waals surface area contributed by atoms with Gasteiger partial charge in [-0.25, -0.2) is 0 Å². The summed E-state index contributed by atoms with van der Waals surface area (Å²) >= 11 is 12.4. The molecule has 0 saturated heterocycles. The Bertz CT molecular complexity index is 603. The summed E-state index contributed by atoms with van der Waals surface area (Å²) in [5.74, 6) is 0.648. The number of ether oxygens (including phenoxy) is 2. The summed E-state index contributed by atoms with van der Waals surface area (Å²) in [6.45, 7) is -2.84. The van der Waals surface area contributed by atoms with Gasteiger partial charge in [-0.15, -0.1) is 11.6 Å². The van der Waals surface area contributed by atoms with Gasteiger partial charge in [0.2, 0.25) is 0 Å². The quantitative estimate of drug-likeness (QED) is 0.693. The van der Waals surface area contributed by atoms with Gasteiger partial charge in [0.15, 0.2) is 0 Å². The normalized spacial score (nSPS) is 12.3. The minimum absolute atomic E-state index is 0.0883. The minimum atomic E-state index is -2.84. The highest BCUT2D eigenvalue weighted by Gasteiger charge is 2.13. The first-order chi connectivity index (χ1) is 10.0. The van der Waals surface area contributed by atoms with E-state index in [1.807, 2.05) is 0 Å². The summed E-state index contributed by atoms with van der Waals surface area (Å²) in [6, 6.07) is 11.4. The van der Waals surface area contributed by atoms with Crippen LogP contribution in [0, 0.1) is 0 Å². The van der Waals surface area contributed by atoms with Crippen molar-refractivity contribution in [2.24, 2.45) is 0 Å². The molecule has 2 nitrogen and oxygen atoms in total. The van der Waals surface area contributed by atoms with Crippen LogP contribution in [-0.2, 0) is 0 Å². The van der Waals surface area contributed by atoms with E-state index in [-0.39, 0.29) is 5.75 Å². The lowest BCUT2D eigenvalue weighted by Gasteiger charge is -2.13. The molecule has 0 aliphatic rings. The fourth-order valence-electron chi connectivity index (χ4n) is 1.85. The van der Waals surface area contributed by atoms with Crippen molar-refractivity contribution in [3.63, 3.8) is 0 Å². The van der Waals surface area contributed by atoms with Gasteiger partial charge in [0.05, 0.1) is 17.5 Å². The lowest BCUT2D eigenvalue weighted by molar-refractivity contribution is -0.0498. The van der Waals surface area contributed by atoms with E-state index in [1.54, 1.807) is 30.3 Å². The number of hydrogen-bond donors (Lipinski definition) is 0. The van der Waals surface area contributed by atoms with Crippen LogP contribution in [0.25, 0.3) is 0 Å². The Morgan fingerprint density at radius 2 is 1.62 bits per heavy atom. The molecule has 0 N–H and O–H groups in total. The van der Waals surface area contributed by atoms with Crippen LogP contribution in [0.3, 0.4) is 0 Å². The van der Waals surface area contributed by atoms with Crippen LogP contribution in [0.4, 0.5) is 8.78 Å². The summed E-state index contributed by atoms with van der Waals surface area (Å²) < 4.78 is 33.5. The van der Waals surface area contributed by atoms with Crippen molar-refractivity contribution in [3.8, 4) is 11.5 Å². The molecule has 2 aromatic rings. The Morgan fingerprint density at radius 3 is 2.14 bits per heavy atom. The van der Waals surface area contributed by atoms with Gasteiger partial charge in [0, 0.05) is 0 Å². The van der Waals surface area contributed by atoms with E-state index in [2.05, 4.69) is 4.74 Å². The smallest absolute Gasteiger partial charge is 0.387 e. The predicted octanol–water partition coefficient (Wildman–Crippen LogP) is 5.28. The van der Waals surface area contributed by atoms with E-state index >= 15 is 0 Å². The Hall–Kier alpha value is -1.52. The molecule has 2 aromatic carbocycles. The molecule has 0 heterocycles. The topological polar surface area (TPSA) is 18.5 Å². The third-order valence-electron chi connectivity index (χ3n) is 2.87. The van der Waals surface area contributed by atoms with E-state index in [4.69, 9.17) is 27.9 Å². The number of methoxy groups -OCH3 is 1. The fourth-order valence-corrected chi connectivity index (χ4v) is 2.40. The molecule has 1 unspecified atom stereocenters. The monoisotopic (exact) mass is 332 g/mol. The van der Waals surface area contributed by atoms with Crippen molar-refractivity contribution in [1.82, 2.24) is 0 Å². The average molecular weight is 333 g/mol. The first kappa shape index (κ1) is 15.9. The number of alkyl halides is 3. The Labute approximate surface area is 131 Å². The minimum Gasteiger partial charge on any atom is -0.495 e. The highest BCUT2D eigenvalue weighted by molar-refractivity contribution is 6.32. The molecule has 0 spiro atoms. The van der Waals surface area contributed by atoms with Gasteiger partial charge in [-0.05, 0) is 35.4 Å². The molecule has 0 aliphatic carbocycles. The van der Waals surface area contributed by atoms with Crippen LogP contribution in [0.2, 0.25) is 5.02 Å². The molecular weight excluding hydrogens is 321 g/mol. The van der Waals surface area contributed by atoms with Crippen LogP contribution >= 0.6 is 23.2 Å². The third kappa shape index (κ3) is 3.99. The molecule has 1 atom stereocenters. The molecule has 0 radical (unpaired) electrons. The molecule has 0 amide bonds. The summed E-state index contributed by atoms with van der Waals surface area (Å²) in [4.78, 5) is 0. The van der Waals surface area contributed by atoms with Gasteiger partial charge in [-0.2, -0.15) is 8.78 Å². The van der Waals surface area contributed by atoms with Crippen LogP contribution in [0.5, 0.6) is 11.5 Å². The second kappa shape index (κ2) is 6.96. The van der Waals surface area contributed by atoms with Crippen molar-refractivity contribution in [3.05, 3.63) is 58.6 Å². The van der Waals surface area contributed by atoms with E-state index in [9.17, 15) is 8.78 Å². The predicted molar refractivity (Wildman–Crippen MR) is 78.8 cm³/mol. The van der Waals surface area contributed by atoms with Crippen molar-refractivity contribution in [2.45, 2.75) is 12.0 Å². The zero-order valence-electron chi connectivity index (χ0n) is 11.0. The third-order valence-corrected chi connectivity index (χ3v) is 3.67. The highest BCUT2D eigenvalue weighted by atomic mass is 35.5. The fraction of sp³-hybridized carbons (Fsp3) is 0.200. The van der Waals surface area contributed by atoms with Crippen LogP contribution in [0.15, 0.2) is 42.5 Å². The maximum absolute atomic E-state index is 12.1. The first-order valence-corrected chi connectivity index (χ1v) is 6.85. The molecule has 0 bridgehead atoms. The molecule has 0 aromatic heterocycles. The molecule has 6 heteroatoms. The lowest BCUT2D eigenvalue weighted by Crippen LogP contribution is -2.02. The number of benzene rings is 2. The molecule has 0 saturated carbocycles. The van der Waals surface area contributed by atoms with Crippen LogP contribution in [0.1, 0.15) is 16.5 Å². The second-order valence-corrected chi connectivity index (χ2v) is 5.05. The van der Waals surface area contributed by atoms with E-state index in [0.29, 0.717) is 10.8 Å². The average Bonchev–Trinajstić information content (AvgIpc) is 2.46. The van der Waals surface area contributed by atoms with Gasteiger partial charge in [0.25, 0.3) is 0 Å². The van der Waals surface area contributed by atoms with Crippen LogP contribution in [-0.4, -0.2) is 13.7 Å². The van der Waals surface area contributed by atoms with Gasteiger partial charge in [-0.3, -0.25) is 0 Å². The first-order valence-electron chi connectivity index (χ1n) is 6.03. The Kier molecular flexibility index (Phi) is 5.26. The molecule has 2 rings (SSSR count). The van der Waals surface area contributed by atoms with Gasteiger partial charge in [-0.1, -0.05) is 29.8 Å². The SMILES string of the molecule is COc1ccc(C(Cl)c2ccc(OC(F)F)cc2)cc1Cl. The number of halogens is 4. The van der Waals surface area contributed by atoms with E-state index < -0.39 is 12.0 Å². The summed E-state index contributed by atoms with van der Waals surface area (Å²) in [6.07, 6.45) is 0. The van der Waals surface area contributed by atoms with Gasteiger partial charge in [0.1, 0.15) is 11.5 Å². The molecule has 21 heavy (non-hydrogen) atoms. The highest BCUT2D eigenvalue weighted by Crippen LogP contribution is 2.34. The van der Waals surface area contributed by atoms with Crippen molar-refractivity contribution >= 4 is 23.2 Å². The molecule has 112 valence electrons.